The number of nitrogens with zero attached hydrogens (tertiary/aromatic N) is 3. The Morgan fingerprint density at radius 1 is 1.14 bits per heavy atom. The summed E-state index contributed by atoms with van der Waals surface area (Å²) in [7, 11) is 0. The number of carboxylic acid groups (broad SMARTS) is 1. The van der Waals surface area contributed by atoms with Crippen molar-refractivity contribution in [1.29, 1.82) is 0 Å². The van der Waals surface area contributed by atoms with E-state index in [1.807, 2.05) is 0 Å². The third-order valence-electron chi connectivity index (χ3n) is 3.16. The van der Waals surface area contributed by atoms with Crippen molar-refractivity contribution in [3.63, 3.8) is 0 Å². The minimum absolute atomic E-state index is 0.373. The molecule has 1 atom stereocenters. The predicted molar refractivity (Wildman–Crippen MR) is 78.1 cm³/mol. The average molecular weight is 298 g/mol. The fourth-order valence-corrected chi connectivity index (χ4v) is 2.10. The number of carboxylic acids is 1. The fourth-order valence-electron chi connectivity index (χ4n) is 2.10. The first-order chi connectivity index (χ1) is 10.7. The Bertz CT molecular complexity index is 829. The number of hydrogen-bond donors (Lipinski definition) is 2. The first-order valence-corrected chi connectivity index (χ1v) is 6.55. The quantitative estimate of drug-likeness (QED) is 0.759. The largest absolute Gasteiger partial charge is 0.478 e. The van der Waals surface area contributed by atoms with Gasteiger partial charge in [-0.3, -0.25) is 4.79 Å². The van der Waals surface area contributed by atoms with Gasteiger partial charge in [-0.05, 0) is 24.3 Å². The van der Waals surface area contributed by atoms with Crippen molar-refractivity contribution < 1.29 is 14.7 Å². The Morgan fingerprint density at radius 2 is 1.82 bits per heavy atom. The molecule has 1 heterocycles. The fraction of sp³-hybridized carbons (Fsp3) is 0.0667. The lowest BCUT2D eigenvalue weighted by Gasteiger charge is -2.15. The Hall–Kier alpha value is -3.22. The summed E-state index contributed by atoms with van der Waals surface area (Å²) in [5.41, 5.74) is 1.46. The lowest BCUT2D eigenvalue weighted by atomic mass is 10.3. The molecule has 7 heteroatoms. The molecule has 1 amide bonds. The van der Waals surface area contributed by atoms with E-state index in [1.165, 1.54) is 4.68 Å². The van der Waals surface area contributed by atoms with Gasteiger partial charge in [-0.1, -0.05) is 35.5 Å². The minimum Gasteiger partial charge on any atom is -0.478 e. The molecule has 2 aromatic carbocycles. The lowest BCUT2D eigenvalue weighted by Crippen LogP contribution is -2.38. The minimum atomic E-state index is -1.33. The Balaban J connectivity index is 1.94. The van der Waals surface area contributed by atoms with Crippen LogP contribution in [0, 0.1) is 0 Å². The van der Waals surface area contributed by atoms with Crippen LogP contribution in [-0.4, -0.2) is 32.0 Å². The molecule has 7 nitrogen and oxygen atoms in total. The number of nitrogens with one attached hydrogen (secondary N) is 1. The van der Waals surface area contributed by atoms with Gasteiger partial charge in [0, 0.05) is 5.56 Å². The average Bonchev–Trinajstić information content (AvgIpc) is 2.96. The number of carbonyl (C=O) groups excluding carboxylic acids is 1. The van der Waals surface area contributed by atoms with Gasteiger partial charge in [0.15, 0.2) is 0 Å². The second kappa shape index (κ2) is 5.65. The van der Waals surface area contributed by atoms with Crippen LogP contribution in [0.1, 0.15) is 16.5 Å². The number of carbonyl (C=O) groups is 2. The summed E-state index contributed by atoms with van der Waals surface area (Å²) in [4.78, 5) is 23.7. The molecule has 2 N–H and O–H groups in total. The zero-order chi connectivity index (χ0) is 15.5. The second-order valence-corrected chi connectivity index (χ2v) is 4.60. The van der Waals surface area contributed by atoms with Crippen molar-refractivity contribution in [2.45, 2.75) is 6.17 Å². The highest BCUT2D eigenvalue weighted by Crippen LogP contribution is 2.14. The van der Waals surface area contributed by atoms with Gasteiger partial charge in [0.2, 0.25) is 6.17 Å². The highest BCUT2D eigenvalue weighted by atomic mass is 16.4. The van der Waals surface area contributed by atoms with Crippen LogP contribution in [0.15, 0.2) is 54.6 Å². The van der Waals surface area contributed by atoms with Crippen LogP contribution < -0.4 is 5.32 Å². The van der Waals surface area contributed by atoms with Gasteiger partial charge in [0.1, 0.15) is 5.52 Å². The maximum atomic E-state index is 12.2. The highest BCUT2D eigenvalue weighted by Gasteiger charge is 2.25. The molecular formula is C15H12N4O3. The maximum Gasteiger partial charge on any atom is 0.349 e. The monoisotopic (exact) mass is 298 g/mol. The molecule has 110 valence electrons. The number of amides is 1. The van der Waals surface area contributed by atoms with Crippen molar-refractivity contribution in [2.75, 3.05) is 0 Å². The summed E-state index contributed by atoms with van der Waals surface area (Å²) in [5.74, 6) is -1.72. The Labute approximate surface area is 125 Å². The molecule has 1 unspecified atom stereocenters. The highest BCUT2D eigenvalue weighted by molar-refractivity contribution is 5.96. The molecule has 0 aliphatic rings. The molecule has 0 saturated carbocycles. The van der Waals surface area contributed by atoms with E-state index in [0.29, 0.717) is 16.6 Å². The SMILES string of the molecule is O=C(O)C(N[14C](=O)c1ccccc1)n1nnc2ccccc21. The molecule has 0 bridgehead atoms. The van der Waals surface area contributed by atoms with E-state index in [1.54, 1.807) is 54.6 Å². The molecule has 3 rings (SSSR count). The molecule has 0 saturated heterocycles. The molecule has 1 aromatic heterocycles. The van der Waals surface area contributed by atoms with Gasteiger partial charge in [0.05, 0.1) is 5.52 Å². The van der Waals surface area contributed by atoms with Crippen LogP contribution >= 0.6 is 0 Å². The van der Waals surface area contributed by atoms with Crippen LogP contribution in [0.3, 0.4) is 0 Å². The van der Waals surface area contributed by atoms with E-state index in [0.717, 1.165) is 0 Å². The van der Waals surface area contributed by atoms with Crippen molar-refractivity contribution in [2.24, 2.45) is 0 Å². The summed E-state index contributed by atoms with van der Waals surface area (Å²) in [6, 6.07) is 15.3. The number of aromatic nitrogens is 3. The molecule has 0 fully saturated rings. The number of benzene rings is 2. The van der Waals surface area contributed by atoms with Crippen LogP contribution in [0.2, 0.25) is 0 Å². The first kappa shape index (κ1) is 13.7. The van der Waals surface area contributed by atoms with E-state index >= 15 is 0 Å². The number of hydrogen-bond acceptors (Lipinski definition) is 4. The van der Waals surface area contributed by atoms with Crippen molar-refractivity contribution in [3.8, 4) is 0 Å². The third-order valence-corrected chi connectivity index (χ3v) is 3.16. The van der Waals surface area contributed by atoms with Gasteiger partial charge in [0.25, 0.3) is 5.91 Å². The summed E-state index contributed by atoms with van der Waals surface area (Å²) >= 11 is 0. The molecule has 3 aromatic rings. The number of aliphatic carboxylic acids is 1. The van der Waals surface area contributed by atoms with E-state index in [2.05, 4.69) is 15.6 Å². The van der Waals surface area contributed by atoms with E-state index in [9.17, 15) is 14.7 Å². The van der Waals surface area contributed by atoms with Crippen LogP contribution in [-0.2, 0) is 4.79 Å². The van der Waals surface area contributed by atoms with E-state index < -0.39 is 18.0 Å². The smallest absolute Gasteiger partial charge is 0.349 e. The molecule has 0 spiro atoms. The van der Waals surface area contributed by atoms with Gasteiger partial charge in [-0.15, -0.1) is 5.10 Å². The van der Waals surface area contributed by atoms with Crippen molar-refractivity contribution >= 4 is 22.9 Å². The van der Waals surface area contributed by atoms with Crippen LogP contribution in [0.5, 0.6) is 0 Å². The summed E-state index contributed by atoms with van der Waals surface area (Å²) < 4.78 is 1.18. The zero-order valence-electron chi connectivity index (χ0n) is 11.4. The van der Waals surface area contributed by atoms with Crippen molar-refractivity contribution in [3.05, 3.63) is 60.2 Å². The Morgan fingerprint density at radius 3 is 2.55 bits per heavy atom. The molecule has 0 aliphatic heterocycles. The van der Waals surface area contributed by atoms with Gasteiger partial charge < -0.3 is 10.4 Å². The summed E-state index contributed by atoms with van der Waals surface area (Å²) in [6.07, 6.45) is -1.33. The van der Waals surface area contributed by atoms with Gasteiger partial charge in [-0.2, -0.15) is 0 Å². The standard InChI is InChI=1S/C15H12N4O3/c20-14(10-6-2-1-3-7-10)16-13(15(21)22)19-12-9-5-4-8-11(12)17-18-19/h1-9,13H,(H,16,20)(H,21,22)/i14+2. The normalized spacial score (nSPS) is 12.0. The van der Waals surface area contributed by atoms with Gasteiger partial charge in [-0.25, -0.2) is 9.48 Å². The third kappa shape index (κ3) is 2.51. The van der Waals surface area contributed by atoms with Gasteiger partial charge >= 0.3 is 5.97 Å². The number of para-hydroxylation sites is 1. The molecule has 0 radical (unpaired) electrons. The number of rotatable bonds is 4. The number of fused-ring (bicyclic) bond motifs is 1. The predicted octanol–water partition coefficient (Wildman–Crippen LogP) is 1.44. The topological polar surface area (TPSA) is 97.1 Å². The molecule has 22 heavy (non-hydrogen) atoms. The maximum absolute atomic E-state index is 12.2. The van der Waals surface area contributed by atoms with Crippen molar-refractivity contribution in [1.82, 2.24) is 20.3 Å². The van der Waals surface area contributed by atoms with Crippen LogP contribution in [0.4, 0.5) is 0 Å². The lowest BCUT2D eigenvalue weighted by molar-refractivity contribution is -0.141. The van der Waals surface area contributed by atoms with E-state index in [4.69, 9.17) is 0 Å². The summed E-state index contributed by atoms with van der Waals surface area (Å²) in [5, 5.41) is 19.6. The van der Waals surface area contributed by atoms with E-state index in [-0.39, 0.29) is 0 Å². The van der Waals surface area contributed by atoms with Crippen LogP contribution in [0.25, 0.3) is 11.0 Å². The molecular weight excluding hydrogens is 286 g/mol. The Kier molecular flexibility index (Phi) is 3.53. The molecule has 0 aliphatic carbocycles. The zero-order valence-corrected chi connectivity index (χ0v) is 11.4. The summed E-state index contributed by atoms with van der Waals surface area (Å²) in [6.45, 7) is 0. The second-order valence-electron chi connectivity index (χ2n) is 4.60. The first-order valence-electron chi connectivity index (χ1n) is 6.55.